The molecule has 0 spiro atoms. The van der Waals surface area contributed by atoms with Crippen molar-refractivity contribution in [3.8, 4) is 0 Å². The summed E-state index contributed by atoms with van der Waals surface area (Å²) in [5.41, 5.74) is 1.25. The smallest absolute Gasteiger partial charge is 0.137 e. The number of halogens is 1. The molecule has 0 fully saturated rings. The Hall–Kier alpha value is -0.830. The lowest BCUT2D eigenvalue weighted by atomic mass is 9.97. The summed E-state index contributed by atoms with van der Waals surface area (Å²) in [4.78, 5) is 8.27. The molecule has 0 atom stereocenters. The molecule has 0 aliphatic heterocycles. The zero-order valence-corrected chi connectivity index (χ0v) is 11.2. The van der Waals surface area contributed by atoms with Crippen molar-refractivity contribution < 1.29 is 0 Å². The maximum atomic E-state index is 6.07. The van der Waals surface area contributed by atoms with E-state index in [2.05, 4.69) is 43.0 Å². The quantitative estimate of drug-likeness (QED) is 0.820. The van der Waals surface area contributed by atoms with Crippen molar-refractivity contribution in [3.05, 3.63) is 17.0 Å². The summed E-state index contributed by atoms with van der Waals surface area (Å²) in [7, 11) is 0. The number of anilines is 1. The number of rotatable bonds is 4. The molecule has 1 aromatic rings. The monoisotopic (exact) mass is 241 g/mol. The fourth-order valence-electron chi connectivity index (χ4n) is 1.36. The molecule has 0 unspecified atom stereocenters. The summed E-state index contributed by atoms with van der Waals surface area (Å²) < 4.78 is 0. The van der Waals surface area contributed by atoms with Gasteiger partial charge in [0.2, 0.25) is 0 Å². The van der Waals surface area contributed by atoms with Gasteiger partial charge < -0.3 is 5.32 Å². The first-order valence-electron chi connectivity index (χ1n) is 5.67. The summed E-state index contributed by atoms with van der Waals surface area (Å²) in [6.45, 7) is 9.54. The molecule has 4 heteroatoms. The lowest BCUT2D eigenvalue weighted by Crippen LogP contribution is -2.20. The molecule has 0 amide bonds. The number of hydrogen-bond donors (Lipinski definition) is 1. The summed E-state index contributed by atoms with van der Waals surface area (Å²) in [6, 6.07) is 0. The summed E-state index contributed by atoms with van der Waals surface area (Å²) in [6.07, 6.45) is 3.45. The fourth-order valence-corrected chi connectivity index (χ4v) is 1.59. The average Bonchev–Trinajstić information content (AvgIpc) is 2.18. The Morgan fingerprint density at radius 1 is 1.31 bits per heavy atom. The van der Waals surface area contributed by atoms with E-state index in [1.807, 2.05) is 0 Å². The zero-order valence-electron chi connectivity index (χ0n) is 10.5. The van der Waals surface area contributed by atoms with Gasteiger partial charge in [-0.25, -0.2) is 9.97 Å². The highest BCUT2D eigenvalue weighted by Crippen LogP contribution is 2.23. The Labute approximate surface area is 103 Å². The van der Waals surface area contributed by atoms with Crippen molar-refractivity contribution in [1.82, 2.24) is 9.97 Å². The Kier molecular flexibility index (Phi) is 4.54. The van der Waals surface area contributed by atoms with Crippen LogP contribution in [0.5, 0.6) is 0 Å². The molecule has 1 aromatic heterocycles. The molecule has 0 aliphatic rings. The molecule has 90 valence electrons. The van der Waals surface area contributed by atoms with Gasteiger partial charge in [0, 0.05) is 12.1 Å². The van der Waals surface area contributed by atoms with Crippen LogP contribution in [0.15, 0.2) is 6.33 Å². The second kappa shape index (κ2) is 5.48. The van der Waals surface area contributed by atoms with Crippen molar-refractivity contribution in [2.24, 2.45) is 5.41 Å². The van der Waals surface area contributed by atoms with Crippen LogP contribution in [0.2, 0.25) is 5.15 Å². The van der Waals surface area contributed by atoms with Crippen LogP contribution in [-0.2, 0) is 6.42 Å². The SMILES string of the molecule is CCCc1c(Cl)ncnc1NCC(C)(C)C. The van der Waals surface area contributed by atoms with Crippen LogP contribution < -0.4 is 5.32 Å². The third kappa shape index (κ3) is 3.97. The number of aromatic nitrogens is 2. The first kappa shape index (κ1) is 13.2. The number of hydrogen-bond acceptors (Lipinski definition) is 3. The van der Waals surface area contributed by atoms with Gasteiger partial charge in [-0.05, 0) is 11.8 Å². The molecular formula is C12H20ClN3. The second-order valence-corrected chi connectivity index (χ2v) is 5.51. The molecule has 0 bridgehead atoms. The predicted octanol–water partition coefficient (Wildman–Crippen LogP) is 3.54. The van der Waals surface area contributed by atoms with E-state index in [4.69, 9.17) is 11.6 Å². The maximum absolute atomic E-state index is 6.07. The van der Waals surface area contributed by atoms with Gasteiger partial charge in [0.05, 0.1) is 0 Å². The average molecular weight is 242 g/mol. The van der Waals surface area contributed by atoms with Crippen LogP contribution in [-0.4, -0.2) is 16.5 Å². The molecule has 0 aromatic carbocycles. The highest BCUT2D eigenvalue weighted by Gasteiger charge is 2.13. The van der Waals surface area contributed by atoms with E-state index >= 15 is 0 Å². The summed E-state index contributed by atoms with van der Waals surface area (Å²) in [5.74, 6) is 0.872. The molecule has 0 saturated carbocycles. The highest BCUT2D eigenvalue weighted by atomic mass is 35.5. The first-order valence-corrected chi connectivity index (χ1v) is 6.05. The van der Waals surface area contributed by atoms with Crippen LogP contribution in [0.4, 0.5) is 5.82 Å². The standard InChI is InChI=1S/C12H20ClN3/c1-5-6-9-10(13)15-8-16-11(9)14-7-12(2,3)4/h8H,5-7H2,1-4H3,(H,14,15,16). The van der Waals surface area contributed by atoms with Crippen LogP contribution in [0.3, 0.4) is 0 Å². The van der Waals surface area contributed by atoms with Gasteiger partial charge in [0.1, 0.15) is 17.3 Å². The molecule has 1 N–H and O–H groups in total. The van der Waals surface area contributed by atoms with Gasteiger partial charge in [0.15, 0.2) is 0 Å². The largest absolute Gasteiger partial charge is 0.369 e. The lowest BCUT2D eigenvalue weighted by Gasteiger charge is -2.20. The Morgan fingerprint density at radius 3 is 2.56 bits per heavy atom. The Bertz CT molecular complexity index is 345. The molecule has 3 nitrogen and oxygen atoms in total. The predicted molar refractivity (Wildman–Crippen MR) is 69.0 cm³/mol. The van der Waals surface area contributed by atoms with Gasteiger partial charge in [0.25, 0.3) is 0 Å². The molecule has 0 aliphatic carbocycles. The van der Waals surface area contributed by atoms with E-state index in [0.29, 0.717) is 5.15 Å². The minimum Gasteiger partial charge on any atom is -0.369 e. The van der Waals surface area contributed by atoms with E-state index in [1.165, 1.54) is 6.33 Å². The summed E-state index contributed by atoms with van der Waals surface area (Å²) >= 11 is 6.07. The lowest BCUT2D eigenvalue weighted by molar-refractivity contribution is 0.442. The Morgan fingerprint density at radius 2 is 2.00 bits per heavy atom. The first-order chi connectivity index (χ1) is 7.44. The van der Waals surface area contributed by atoms with E-state index in [1.54, 1.807) is 0 Å². The normalized spacial score (nSPS) is 11.6. The zero-order chi connectivity index (χ0) is 12.2. The van der Waals surface area contributed by atoms with Crippen molar-refractivity contribution >= 4 is 17.4 Å². The van der Waals surface area contributed by atoms with Gasteiger partial charge in [-0.3, -0.25) is 0 Å². The molecule has 0 radical (unpaired) electrons. The van der Waals surface area contributed by atoms with Gasteiger partial charge in [-0.2, -0.15) is 0 Å². The van der Waals surface area contributed by atoms with Gasteiger partial charge in [-0.1, -0.05) is 45.7 Å². The molecule has 0 saturated heterocycles. The van der Waals surface area contributed by atoms with Crippen LogP contribution in [0.1, 0.15) is 39.7 Å². The van der Waals surface area contributed by atoms with Crippen molar-refractivity contribution in [2.45, 2.75) is 40.5 Å². The molecule has 1 rings (SSSR count). The molecular weight excluding hydrogens is 222 g/mol. The fraction of sp³-hybridized carbons (Fsp3) is 0.667. The second-order valence-electron chi connectivity index (χ2n) is 5.16. The third-order valence-electron chi connectivity index (χ3n) is 2.18. The minimum atomic E-state index is 0.223. The van der Waals surface area contributed by atoms with E-state index in [0.717, 1.165) is 30.8 Å². The molecule has 1 heterocycles. The highest BCUT2D eigenvalue weighted by molar-refractivity contribution is 6.30. The van der Waals surface area contributed by atoms with Crippen LogP contribution in [0.25, 0.3) is 0 Å². The number of nitrogens with zero attached hydrogens (tertiary/aromatic N) is 2. The summed E-state index contributed by atoms with van der Waals surface area (Å²) in [5, 5.41) is 3.91. The van der Waals surface area contributed by atoms with E-state index in [9.17, 15) is 0 Å². The van der Waals surface area contributed by atoms with Crippen molar-refractivity contribution in [3.63, 3.8) is 0 Å². The maximum Gasteiger partial charge on any atom is 0.137 e. The van der Waals surface area contributed by atoms with Crippen LogP contribution in [0, 0.1) is 5.41 Å². The van der Waals surface area contributed by atoms with E-state index < -0.39 is 0 Å². The van der Waals surface area contributed by atoms with Gasteiger partial charge in [-0.15, -0.1) is 0 Å². The Balaban J connectivity index is 2.82. The van der Waals surface area contributed by atoms with Crippen molar-refractivity contribution in [1.29, 1.82) is 0 Å². The number of nitrogens with one attached hydrogen (secondary N) is 1. The third-order valence-corrected chi connectivity index (χ3v) is 2.50. The van der Waals surface area contributed by atoms with E-state index in [-0.39, 0.29) is 5.41 Å². The topological polar surface area (TPSA) is 37.8 Å². The van der Waals surface area contributed by atoms with Crippen LogP contribution >= 0.6 is 11.6 Å². The van der Waals surface area contributed by atoms with Crippen molar-refractivity contribution in [2.75, 3.05) is 11.9 Å². The van der Waals surface area contributed by atoms with Gasteiger partial charge >= 0.3 is 0 Å². The minimum absolute atomic E-state index is 0.223. The molecule has 16 heavy (non-hydrogen) atoms.